The van der Waals surface area contributed by atoms with Crippen LogP contribution in [0.5, 0.6) is 0 Å². The van der Waals surface area contributed by atoms with Gasteiger partial charge >= 0.3 is 0 Å². The van der Waals surface area contributed by atoms with E-state index >= 15 is 0 Å². The number of benzene rings is 1. The van der Waals surface area contributed by atoms with Crippen molar-refractivity contribution < 1.29 is 9.53 Å². The molecule has 1 fully saturated rings. The lowest BCUT2D eigenvalue weighted by molar-refractivity contribution is -0.115. The quantitative estimate of drug-likeness (QED) is 0.857. The van der Waals surface area contributed by atoms with Crippen LogP contribution in [0.2, 0.25) is 0 Å². The summed E-state index contributed by atoms with van der Waals surface area (Å²) in [6.07, 6.45) is 0. The Bertz CT molecular complexity index is 489. The van der Waals surface area contributed by atoms with E-state index in [1.807, 2.05) is 18.2 Å². The third kappa shape index (κ3) is 2.91. The number of hydrogen-bond acceptors (Lipinski definition) is 4. The molecule has 2 aliphatic heterocycles. The van der Waals surface area contributed by atoms with E-state index in [1.165, 1.54) is 0 Å². The number of anilines is 2. The minimum absolute atomic E-state index is 0.0338. The molecule has 6 heteroatoms. The van der Waals surface area contributed by atoms with Gasteiger partial charge < -0.3 is 20.3 Å². The van der Waals surface area contributed by atoms with E-state index in [0.717, 1.165) is 35.5 Å². The Morgan fingerprint density at radius 3 is 3.16 bits per heavy atom. The van der Waals surface area contributed by atoms with Crippen molar-refractivity contribution in [2.75, 3.05) is 43.1 Å². The van der Waals surface area contributed by atoms with Crippen LogP contribution in [0.15, 0.2) is 22.7 Å². The third-order valence-electron chi connectivity index (χ3n) is 3.35. The van der Waals surface area contributed by atoms with E-state index in [2.05, 4.69) is 31.5 Å². The molecule has 0 bridgehead atoms. The van der Waals surface area contributed by atoms with Crippen LogP contribution in [-0.4, -0.2) is 44.8 Å². The minimum atomic E-state index is 0.0338. The summed E-state index contributed by atoms with van der Waals surface area (Å²) >= 11 is 3.48. The zero-order chi connectivity index (χ0) is 13.2. The lowest BCUT2D eigenvalue weighted by Gasteiger charge is -2.35. The molecule has 19 heavy (non-hydrogen) atoms. The molecule has 0 aromatic heterocycles. The molecule has 1 saturated heterocycles. The molecule has 2 N–H and O–H groups in total. The van der Waals surface area contributed by atoms with Gasteiger partial charge in [0.2, 0.25) is 5.91 Å². The highest BCUT2D eigenvalue weighted by atomic mass is 79.9. The monoisotopic (exact) mass is 325 g/mol. The maximum absolute atomic E-state index is 11.7. The fraction of sp³-hybridized carbons (Fsp3) is 0.462. The predicted octanol–water partition coefficient (Wildman–Crippen LogP) is 1.20. The van der Waals surface area contributed by atoms with Crippen molar-refractivity contribution in [1.29, 1.82) is 0 Å². The van der Waals surface area contributed by atoms with Gasteiger partial charge in [0.1, 0.15) is 0 Å². The second-order valence-electron chi connectivity index (χ2n) is 4.82. The molecule has 0 spiro atoms. The van der Waals surface area contributed by atoms with Crippen LogP contribution < -0.4 is 15.5 Å². The van der Waals surface area contributed by atoms with Crippen LogP contribution in [-0.2, 0) is 9.53 Å². The predicted molar refractivity (Wildman–Crippen MR) is 77.6 cm³/mol. The van der Waals surface area contributed by atoms with Gasteiger partial charge in [0.05, 0.1) is 31.1 Å². The number of ether oxygens (including phenoxy) is 1. The first-order valence-corrected chi connectivity index (χ1v) is 7.17. The van der Waals surface area contributed by atoms with Gasteiger partial charge in [-0.15, -0.1) is 0 Å². The van der Waals surface area contributed by atoms with Gasteiger partial charge in [0, 0.05) is 23.6 Å². The lowest BCUT2D eigenvalue weighted by atomic mass is 10.1. The van der Waals surface area contributed by atoms with Crippen molar-refractivity contribution in [3.8, 4) is 0 Å². The first kappa shape index (κ1) is 12.9. The second kappa shape index (κ2) is 5.48. The largest absolute Gasteiger partial charge is 0.378 e. The molecule has 2 heterocycles. The fourth-order valence-electron chi connectivity index (χ4n) is 2.49. The number of carbonyl (C=O) groups excluding carboxylic acids is 1. The highest BCUT2D eigenvalue weighted by Gasteiger charge is 2.25. The van der Waals surface area contributed by atoms with Crippen molar-refractivity contribution in [1.82, 2.24) is 5.32 Å². The Hall–Kier alpha value is -1.11. The van der Waals surface area contributed by atoms with Gasteiger partial charge in [0.25, 0.3) is 0 Å². The Kier molecular flexibility index (Phi) is 3.72. The van der Waals surface area contributed by atoms with Crippen LogP contribution in [0.3, 0.4) is 0 Å². The number of rotatable bonds is 2. The zero-order valence-electron chi connectivity index (χ0n) is 10.5. The maximum Gasteiger partial charge on any atom is 0.243 e. The molecule has 0 radical (unpaired) electrons. The van der Waals surface area contributed by atoms with Crippen LogP contribution in [0.25, 0.3) is 0 Å². The van der Waals surface area contributed by atoms with Crippen molar-refractivity contribution in [3.63, 3.8) is 0 Å². The Morgan fingerprint density at radius 2 is 2.37 bits per heavy atom. The van der Waals surface area contributed by atoms with Crippen molar-refractivity contribution in [3.05, 3.63) is 22.7 Å². The lowest BCUT2D eigenvalue weighted by Crippen LogP contribution is -2.51. The van der Waals surface area contributed by atoms with Crippen molar-refractivity contribution in [2.24, 2.45) is 0 Å². The molecule has 0 aliphatic carbocycles. The van der Waals surface area contributed by atoms with E-state index in [0.29, 0.717) is 13.2 Å². The molecule has 1 aromatic carbocycles. The molecule has 2 aliphatic rings. The van der Waals surface area contributed by atoms with Crippen molar-refractivity contribution >= 4 is 33.2 Å². The molecule has 1 atom stereocenters. The topological polar surface area (TPSA) is 53.6 Å². The highest BCUT2D eigenvalue weighted by molar-refractivity contribution is 9.10. The number of fused-ring (bicyclic) bond motifs is 1. The van der Waals surface area contributed by atoms with Crippen LogP contribution in [0.4, 0.5) is 11.4 Å². The van der Waals surface area contributed by atoms with Crippen LogP contribution >= 0.6 is 15.9 Å². The Balaban J connectivity index is 1.81. The number of nitrogens with one attached hydrogen (secondary N) is 2. The number of morpholine rings is 1. The van der Waals surface area contributed by atoms with E-state index in [9.17, 15) is 4.79 Å². The molecule has 1 aromatic rings. The average Bonchev–Trinajstić information content (AvgIpc) is 2.41. The maximum atomic E-state index is 11.7. The molecule has 1 amide bonds. The van der Waals surface area contributed by atoms with Crippen molar-refractivity contribution in [2.45, 2.75) is 6.04 Å². The summed E-state index contributed by atoms with van der Waals surface area (Å²) in [5.74, 6) is 0.0338. The standard InChI is InChI=1S/C13H16BrN3O2/c14-9-1-2-11-12(5-9)17(7-13(18)16-11)6-10-8-19-4-3-15-10/h1-2,5,10,15H,3-4,6-8H2,(H,16,18). The van der Waals surface area contributed by atoms with Gasteiger partial charge in [0.15, 0.2) is 0 Å². The first-order chi connectivity index (χ1) is 9.22. The molecular formula is C13H16BrN3O2. The first-order valence-electron chi connectivity index (χ1n) is 6.38. The highest BCUT2D eigenvalue weighted by Crippen LogP contribution is 2.32. The molecular weight excluding hydrogens is 310 g/mol. The zero-order valence-corrected chi connectivity index (χ0v) is 12.1. The van der Waals surface area contributed by atoms with Gasteiger partial charge in [-0.05, 0) is 18.2 Å². The van der Waals surface area contributed by atoms with E-state index in [-0.39, 0.29) is 11.9 Å². The Morgan fingerprint density at radius 1 is 1.47 bits per heavy atom. The Labute approximate surface area is 120 Å². The van der Waals surface area contributed by atoms with Crippen LogP contribution in [0, 0.1) is 0 Å². The van der Waals surface area contributed by atoms with Gasteiger partial charge in [-0.1, -0.05) is 15.9 Å². The smallest absolute Gasteiger partial charge is 0.243 e. The summed E-state index contributed by atoms with van der Waals surface area (Å²) in [7, 11) is 0. The third-order valence-corrected chi connectivity index (χ3v) is 3.84. The average molecular weight is 326 g/mol. The van der Waals surface area contributed by atoms with Gasteiger partial charge in [-0.2, -0.15) is 0 Å². The fourth-order valence-corrected chi connectivity index (χ4v) is 2.84. The summed E-state index contributed by atoms with van der Waals surface area (Å²) < 4.78 is 6.48. The number of halogens is 1. The molecule has 1 unspecified atom stereocenters. The molecule has 0 saturated carbocycles. The van der Waals surface area contributed by atoms with Gasteiger partial charge in [-0.25, -0.2) is 0 Å². The number of carbonyl (C=O) groups is 1. The van der Waals surface area contributed by atoms with Crippen LogP contribution in [0.1, 0.15) is 0 Å². The summed E-state index contributed by atoms with van der Waals surface area (Å²) in [4.78, 5) is 13.8. The molecule has 5 nitrogen and oxygen atoms in total. The number of nitrogens with zero attached hydrogens (tertiary/aromatic N) is 1. The number of amides is 1. The minimum Gasteiger partial charge on any atom is -0.378 e. The second-order valence-corrected chi connectivity index (χ2v) is 5.73. The van der Waals surface area contributed by atoms with Gasteiger partial charge in [-0.3, -0.25) is 4.79 Å². The molecule has 102 valence electrons. The summed E-state index contributed by atoms with van der Waals surface area (Å²) in [5, 5.41) is 6.32. The summed E-state index contributed by atoms with van der Waals surface area (Å²) in [6.45, 7) is 3.50. The van der Waals surface area contributed by atoms with E-state index in [1.54, 1.807) is 0 Å². The number of hydrogen-bond donors (Lipinski definition) is 2. The normalized spacial score (nSPS) is 22.9. The SMILES string of the molecule is O=C1CN(CC2COCCN2)c2cc(Br)ccc2N1. The molecule has 3 rings (SSSR count). The summed E-state index contributed by atoms with van der Waals surface area (Å²) in [6, 6.07) is 6.17. The summed E-state index contributed by atoms with van der Waals surface area (Å²) in [5.41, 5.74) is 1.93. The van der Waals surface area contributed by atoms with E-state index in [4.69, 9.17) is 4.74 Å². The van der Waals surface area contributed by atoms with E-state index < -0.39 is 0 Å².